The molecule has 0 bridgehead atoms. The summed E-state index contributed by atoms with van der Waals surface area (Å²) in [6.07, 6.45) is 1.58. The Bertz CT molecular complexity index is 845. The zero-order valence-corrected chi connectivity index (χ0v) is 13.6. The third kappa shape index (κ3) is 3.37. The number of halogens is 1. The van der Waals surface area contributed by atoms with E-state index in [0.717, 1.165) is 15.8 Å². The summed E-state index contributed by atoms with van der Waals surface area (Å²) < 4.78 is 0. The van der Waals surface area contributed by atoms with Crippen molar-refractivity contribution >= 4 is 39.7 Å². The fraction of sp³-hybridized carbons (Fsp3) is 0.200. The first-order chi connectivity index (χ1) is 11.1. The lowest BCUT2D eigenvalue weighted by Crippen LogP contribution is -2.33. The molecule has 5 N–H and O–H groups in total. The highest BCUT2D eigenvalue weighted by molar-refractivity contribution is 7.11. The molecule has 1 atom stereocenters. The lowest BCUT2D eigenvalue weighted by atomic mass is 10.2. The van der Waals surface area contributed by atoms with Gasteiger partial charge in [0.25, 0.3) is 5.91 Å². The Balaban J connectivity index is 1.80. The molecular formula is C15H15ClN4O2S. The number of aliphatic hydroxyl groups excluding tert-OH is 1. The largest absolute Gasteiger partial charge is 0.391 e. The van der Waals surface area contributed by atoms with E-state index in [1.165, 1.54) is 11.3 Å². The van der Waals surface area contributed by atoms with Gasteiger partial charge in [-0.2, -0.15) is 0 Å². The van der Waals surface area contributed by atoms with Gasteiger partial charge < -0.3 is 21.1 Å². The van der Waals surface area contributed by atoms with E-state index in [0.29, 0.717) is 15.7 Å². The molecule has 0 saturated heterocycles. The lowest BCUT2D eigenvalue weighted by molar-refractivity contribution is 0.0933. The predicted octanol–water partition coefficient (Wildman–Crippen LogP) is 2.20. The second kappa shape index (κ2) is 6.67. The second-order valence-corrected chi connectivity index (χ2v) is 6.58. The van der Waals surface area contributed by atoms with Crippen molar-refractivity contribution in [3.8, 4) is 0 Å². The second-order valence-electron chi connectivity index (χ2n) is 5.00. The number of aromatic nitrogens is 2. The predicted molar refractivity (Wildman–Crippen MR) is 90.6 cm³/mol. The van der Waals surface area contributed by atoms with Crippen molar-refractivity contribution in [1.82, 2.24) is 15.3 Å². The molecule has 3 rings (SSSR count). The maximum atomic E-state index is 12.4. The van der Waals surface area contributed by atoms with Gasteiger partial charge in [0.15, 0.2) is 0 Å². The van der Waals surface area contributed by atoms with Crippen molar-refractivity contribution in [3.63, 3.8) is 0 Å². The van der Waals surface area contributed by atoms with Crippen molar-refractivity contribution in [3.05, 3.63) is 51.1 Å². The Morgan fingerprint density at radius 2 is 2.30 bits per heavy atom. The molecule has 0 aliphatic carbocycles. The van der Waals surface area contributed by atoms with Crippen LogP contribution in [0.4, 0.5) is 0 Å². The maximum Gasteiger partial charge on any atom is 0.268 e. The van der Waals surface area contributed by atoms with Crippen molar-refractivity contribution < 1.29 is 9.90 Å². The summed E-state index contributed by atoms with van der Waals surface area (Å²) >= 11 is 7.27. The van der Waals surface area contributed by atoms with E-state index in [1.54, 1.807) is 24.4 Å². The van der Waals surface area contributed by atoms with Crippen LogP contribution in [-0.2, 0) is 6.61 Å². The van der Waals surface area contributed by atoms with Gasteiger partial charge in [0.2, 0.25) is 0 Å². The highest BCUT2D eigenvalue weighted by Crippen LogP contribution is 2.22. The van der Waals surface area contributed by atoms with Gasteiger partial charge in [0, 0.05) is 28.7 Å². The Morgan fingerprint density at radius 3 is 3.00 bits per heavy atom. The number of H-pyrrole nitrogens is 1. The van der Waals surface area contributed by atoms with E-state index < -0.39 is 6.04 Å². The van der Waals surface area contributed by atoms with Crippen LogP contribution in [0.5, 0.6) is 0 Å². The molecule has 2 aromatic heterocycles. The van der Waals surface area contributed by atoms with Crippen LogP contribution < -0.4 is 11.1 Å². The number of carbonyl (C=O) groups excluding carboxylic acids is 1. The number of nitrogens with zero attached hydrogens (tertiary/aromatic N) is 1. The van der Waals surface area contributed by atoms with E-state index >= 15 is 0 Å². The SMILES string of the molecule is NC[C@@H](NC(=O)c1cc2ccc(Cl)cc2[nH]1)c1ncc(CO)s1. The number of amides is 1. The fourth-order valence-electron chi connectivity index (χ4n) is 2.24. The number of nitrogens with two attached hydrogens (primary N) is 1. The van der Waals surface area contributed by atoms with Crippen LogP contribution >= 0.6 is 22.9 Å². The normalized spacial score (nSPS) is 12.5. The number of fused-ring (bicyclic) bond motifs is 1. The Hall–Kier alpha value is -1.93. The van der Waals surface area contributed by atoms with E-state index in [-0.39, 0.29) is 19.1 Å². The van der Waals surface area contributed by atoms with Crippen LogP contribution in [0, 0.1) is 0 Å². The molecule has 8 heteroatoms. The molecule has 0 aliphatic heterocycles. The molecule has 0 spiro atoms. The summed E-state index contributed by atoms with van der Waals surface area (Å²) in [5.41, 5.74) is 6.96. The molecule has 2 heterocycles. The Labute approximate surface area is 141 Å². The van der Waals surface area contributed by atoms with Crippen LogP contribution in [0.15, 0.2) is 30.5 Å². The molecule has 0 aliphatic rings. The molecule has 0 unspecified atom stereocenters. The average Bonchev–Trinajstić information content (AvgIpc) is 3.18. The number of aliphatic hydroxyl groups is 1. The minimum atomic E-state index is -0.400. The fourth-order valence-corrected chi connectivity index (χ4v) is 3.25. The number of hydrogen-bond acceptors (Lipinski definition) is 5. The van der Waals surface area contributed by atoms with Crippen LogP contribution in [0.2, 0.25) is 5.02 Å². The lowest BCUT2D eigenvalue weighted by Gasteiger charge is -2.13. The number of nitrogens with one attached hydrogen (secondary N) is 2. The zero-order valence-electron chi connectivity index (χ0n) is 12.0. The van der Waals surface area contributed by atoms with E-state index in [4.69, 9.17) is 22.4 Å². The van der Waals surface area contributed by atoms with Gasteiger partial charge in [0.1, 0.15) is 10.7 Å². The molecule has 120 valence electrons. The minimum Gasteiger partial charge on any atom is -0.391 e. The summed E-state index contributed by atoms with van der Waals surface area (Å²) in [6.45, 7) is 0.141. The molecule has 0 fully saturated rings. The molecule has 0 radical (unpaired) electrons. The number of benzene rings is 1. The quantitative estimate of drug-likeness (QED) is 0.566. The van der Waals surface area contributed by atoms with E-state index in [2.05, 4.69) is 15.3 Å². The first kappa shape index (κ1) is 15.9. The van der Waals surface area contributed by atoms with Gasteiger partial charge in [-0.1, -0.05) is 17.7 Å². The van der Waals surface area contributed by atoms with E-state index in [1.807, 2.05) is 6.07 Å². The van der Waals surface area contributed by atoms with Crippen LogP contribution in [0.25, 0.3) is 10.9 Å². The standard InChI is InChI=1S/C15H15ClN4O2S/c16-9-2-1-8-3-12(19-11(8)4-9)14(22)20-13(5-17)15-18-6-10(7-21)23-15/h1-4,6,13,19,21H,5,7,17H2,(H,20,22)/t13-/m1/s1. The monoisotopic (exact) mass is 350 g/mol. The smallest absolute Gasteiger partial charge is 0.268 e. The van der Waals surface area contributed by atoms with Crippen molar-refractivity contribution in [1.29, 1.82) is 0 Å². The van der Waals surface area contributed by atoms with Crippen LogP contribution in [-0.4, -0.2) is 27.5 Å². The highest BCUT2D eigenvalue weighted by Gasteiger charge is 2.19. The zero-order chi connectivity index (χ0) is 16.4. The minimum absolute atomic E-state index is 0.0777. The van der Waals surface area contributed by atoms with Gasteiger partial charge in [0.05, 0.1) is 17.5 Å². The number of thiazole rings is 1. The van der Waals surface area contributed by atoms with Gasteiger partial charge in [-0.15, -0.1) is 11.3 Å². The molecule has 0 saturated carbocycles. The third-order valence-electron chi connectivity index (χ3n) is 3.40. The number of hydrogen-bond donors (Lipinski definition) is 4. The molecule has 3 aromatic rings. The Morgan fingerprint density at radius 1 is 1.48 bits per heavy atom. The molecule has 1 aromatic carbocycles. The number of rotatable bonds is 5. The van der Waals surface area contributed by atoms with Crippen molar-refractivity contribution in [2.24, 2.45) is 5.73 Å². The van der Waals surface area contributed by atoms with Gasteiger partial charge in [-0.3, -0.25) is 4.79 Å². The van der Waals surface area contributed by atoms with Crippen molar-refractivity contribution in [2.45, 2.75) is 12.6 Å². The highest BCUT2D eigenvalue weighted by atomic mass is 35.5. The number of carbonyl (C=O) groups is 1. The molecule has 6 nitrogen and oxygen atoms in total. The summed E-state index contributed by atoms with van der Waals surface area (Å²) in [7, 11) is 0. The van der Waals surface area contributed by atoms with E-state index in [9.17, 15) is 4.79 Å². The number of aromatic amines is 1. The molecule has 23 heavy (non-hydrogen) atoms. The summed E-state index contributed by atoms with van der Waals surface area (Å²) in [5, 5.41) is 14.1. The first-order valence-electron chi connectivity index (χ1n) is 6.95. The third-order valence-corrected chi connectivity index (χ3v) is 4.73. The Kier molecular flexibility index (Phi) is 4.63. The summed E-state index contributed by atoms with van der Waals surface area (Å²) in [4.78, 5) is 20.4. The van der Waals surface area contributed by atoms with Crippen LogP contribution in [0.1, 0.15) is 26.4 Å². The molecule has 1 amide bonds. The average molecular weight is 351 g/mol. The van der Waals surface area contributed by atoms with Gasteiger partial charge >= 0.3 is 0 Å². The van der Waals surface area contributed by atoms with Gasteiger partial charge in [-0.05, 0) is 18.2 Å². The maximum absolute atomic E-state index is 12.4. The van der Waals surface area contributed by atoms with Crippen LogP contribution in [0.3, 0.4) is 0 Å². The molecular weight excluding hydrogens is 336 g/mol. The first-order valence-corrected chi connectivity index (χ1v) is 8.15. The topological polar surface area (TPSA) is 104 Å². The summed E-state index contributed by atoms with van der Waals surface area (Å²) in [6, 6.07) is 6.74. The van der Waals surface area contributed by atoms with Gasteiger partial charge in [-0.25, -0.2) is 4.98 Å². The van der Waals surface area contributed by atoms with Crippen molar-refractivity contribution in [2.75, 3.05) is 6.54 Å². The summed E-state index contributed by atoms with van der Waals surface area (Å²) in [5.74, 6) is -0.270.